The van der Waals surface area contributed by atoms with Crippen molar-refractivity contribution in [2.45, 2.75) is 64.5 Å². The maximum Gasteiger partial charge on any atom is 0.251 e. The Balaban J connectivity index is 1.95. The van der Waals surface area contributed by atoms with Gasteiger partial charge in [0.2, 0.25) is 5.91 Å². The van der Waals surface area contributed by atoms with E-state index in [0.29, 0.717) is 24.1 Å². The van der Waals surface area contributed by atoms with Gasteiger partial charge in [-0.05, 0) is 36.2 Å². The Hall–Kier alpha value is -3.13. The van der Waals surface area contributed by atoms with Crippen LogP contribution in [0.2, 0.25) is 0 Å². The van der Waals surface area contributed by atoms with Gasteiger partial charge < -0.3 is 10.6 Å². The number of unbranched alkanes of at least 4 members (excludes halogenated alkanes) is 5. The Morgan fingerprint density at radius 3 is 2.27 bits per heavy atom. The summed E-state index contributed by atoms with van der Waals surface area (Å²) in [6, 6.07) is 17.6. The van der Waals surface area contributed by atoms with E-state index in [1.54, 1.807) is 24.3 Å². The molecule has 2 aromatic rings. The summed E-state index contributed by atoms with van der Waals surface area (Å²) in [5, 5.41) is 14.7. The normalized spacial score (nSPS) is 11.3. The number of nitrogens with one attached hydrogen (secondary N) is 2. The average molecular weight is 406 g/mol. The number of carbonyl (C=O) groups excluding carboxylic acids is 2. The smallest absolute Gasteiger partial charge is 0.251 e. The van der Waals surface area contributed by atoms with E-state index in [-0.39, 0.29) is 11.8 Å². The first-order chi connectivity index (χ1) is 14.6. The van der Waals surface area contributed by atoms with E-state index in [2.05, 4.69) is 17.6 Å². The van der Waals surface area contributed by atoms with Gasteiger partial charge in [0.25, 0.3) is 5.91 Å². The van der Waals surface area contributed by atoms with Gasteiger partial charge in [-0.1, -0.05) is 75.8 Å². The Morgan fingerprint density at radius 2 is 1.60 bits per heavy atom. The quantitative estimate of drug-likeness (QED) is 0.501. The largest absolute Gasteiger partial charge is 0.350 e. The highest BCUT2D eigenvalue weighted by Crippen LogP contribution is 2.11. The second-order valence-electron chi connectivity index (χ2n) is 7.48. The van der Waals surface area contributed by atoms with Crippen LogP contribution in [0.1, 0.15) is 73.4 Å². The fourth-order valence-corrected chi connectivity index (χ4v) is 3.24. The predicted octanol–water partition coefficient (Wildman–Crippen LogP) is 4.72. The summed E-state index contributed by atoms with van der Waals surface area (Å²) in [7, 11) is 0. The van der Waals surface area contributed by atoms with Crippen LogP contribution in [-0.4, -0.2) is 17.9 Å². The molecule has 1 atom stereocenters. The van der Waals surface area contributed by atoms with Crippen molar-refractivity contribution < 1.29 is 9.59 Å². The van der Waals surface area contributed by atoms with Crippen molar-refractivity contribution in [2.75, 3.05) is 0 Å². The van der Waals surface area contributed by atoms with Crippen LogP contribution < -0.4 is 10.6 Å². The maximum atomic E-state index is 12.8. The molecule has 1 unspecified atom stereocenters. The fourth-order valence-electron chi connectivity index (χ4n) is 3.24. The second-order valence-corrected chi connectivity index (χ2v) is 7.48. The molecule has 0 saturated heterocycles. The number of hydrogen-bond acceptors (Lipinski definition) is 3. The minimum atomic E-state index is -0.581. The molecule has 0 saturated carbocycles. The minimum absolute atomic E-state index is 0.172. The van der Waals surface area contributed by atoms with Crippen LogP contribution in [0.25, 0.3) is 0 Å². The van der Waals surface area contributed by atoms with Gasteiger partial charge in [-0.25, -0.2) is 0 Å². The molecule has 0 aliphatic heterocycles. The summed E-state index contributed by atoms with van der Waals surface area (Å²) in [4.78, 5) is 25.4. The average Bonchev–Trinajstić information content (AvgIpc) is 2.79. The van der Waals surface area contributed by atoms with Crippen molar-refractivity contribution in [2.24, 2.45) is 0 Å². The molecule has 0 aromatic heterocycles. The van der Waals surface area contributed by atoms with Gasteiger partial charge in [-0.2, -0.15) is 5.26 Å². The third kappa shape index (κ3) is 8.08. The van der Waals surface area contributed by atoms with Crippen LogP contribution >= 0.6 is 0 Å². The van der Waals surface area contributed by atoms with E-state index >= 15 is 0 Å². The monoisotopic (exact) mass is 405 g/mol. The predicted molar refractivity (Wildman–Crippen MR) is 119 cm³/mol. The van der Waals surface area contributed by atoms with Gasteiger partial charge in [-0.3, -0.25) is 9.59 Å². The van der Waals surface area contributed by atoms with Crippen LogP contribution in [0.15, 0.2) is 54.6 Å². The number of nitrogens with zero attached hydrogens (tertiary/aromatic N) is 1. The molecule has 5 heteroatoms. The lowest BCUT2D eigenvalue weighted by molar-refractivity contribution is -0.123. The molecule has 5 nitrogen and oxygen atoms in total. The van der Waals surface area contributed by atoms with E-state index in [1.165, 1.54) is 19.3 Å². The summed E-state index contributed by atoms with van der Waals surface area (Å²) >= 11 is 0. The van der Waals surface area contributed by atoms with Crippen molar-refractivity contribution in [3.05, 3.63) is 71.3 Å². The Labute approximate surface area is 179 Å². The molecule has 2 amide bonds. The lowest BCUT2D eigenvalue weighted by atomic mass is 10.0. The molecule has 2 rings (SSSR count). The molecule has 158 valence electrons. The molecular weight excluding hydrogens is 374 g/mol. The number of carbonyl (C=O) groups is 2. The number of rotatable bonds is 12. The van der Waals surface area contributed by atoms with Crippen LogP contribution in [0.5, 0.6) is 0 Å². The highest BCUT2D eigenvalue weighted by Gasteiger charge is 2.21. The second kappa shape index (κ2) is 13.2. The fraction of sp³-hybridized carbons (Fsp3) is 0.400. The minimum Gasteiger partial charge on any atom is -0.350 e. The van der Waals surface area contributed by atoms with Gasteiger partial charge in [0, 0.05) is 12.1 Å². The van der Waals surface area contributed by atoms with Crippen molar-refractivity contribution in [1.82, 2.24) is 10.6 Å². The van der Waals surface area contributed by atoms with Crippen LogP contribution in [0.3, 0.4) is 0 Å². The van der Waals surface area contributed by atoms with Crippen LogP contribution in [-0.2, 0) is 11.3 Å². The molecule has 0 spiro atoms. The van der Waals surface area contributed by atoms with Crippen molar-refractivity contribution in [1.29, 1.82) is 5.26 Å². The first-order valence-corrected chi connectivity index (χ1v) is 10.8. The zero-order valence-electron chi connectivity index (χ0n) is 17.7. The standard InChI is InChI=1S/C25H31N3O2/c1-2-3-4-5-6-10-13-23(25(30)27-19-21-11-8-7-9-12-21)28-24(29)22-16-14-20(18-26)15-17-22/h7-9,11-12,14-17,23H,2-6,10,13,19H2,1H3,(H,27,30)(H,28,29). The highest BCUT2D eigenvalue weighted by molar-refractivity contribution is 5.97. The van der Waals surface area contributed by atoms with E-state index in [1.807, 2.05) is 36.4 Å². The van der Waals surface area contributed by atoms with E-state index < -0.39 is 6.04 Å². The van der Waals surface area contributed by atoms with Crippen molar-refractivity contribution in [3.8, 4) is 6.07 Å². The molecule has 0 fully saturated rings. The maximum absolute atomic E-state index is 12.8. The molecule has 30 heavy (non-hydrogen) atoms. The van der Waals surface area contributed by atoms with Gasteiger partial charge in [-0.15, -0.1) is 0 Å². The summed E-state index contributed by atoms with van der Waals surface area (Å²) in [6.07, 6.45) is 7.33. The Kier molecular flexibility index (Phi) is 10.2. The summed E-state index contributed by atoms with van der Waals surface area (Å²) in [5.74, 6) is -0.472. The topological polar surface area (TPSA) is 82.0 Å². The molecule has 0 aliphatic rings. The Morgan fingerprint density at radius 1 is 0.933 bits per heavy atom. The summed E-state index contributed by atoms with van der Waals surface area (Å²) in [5.41, 5.74) is 1.95. The van der Waals surface area contributed by atoms with Gasteiger partial charge >= 0.3 is 0 Å². The zero-order valence-corrected chi connectivity index (χ0v) is 17.7. The summed E-state index contributed by atoms with van der Waals surface area (Å²) in [6.45, 7) is 2.62. The molecule has 0 aliphatic carbocycles. The van der Waals surface area contributed by atoms with E-state index in [4.69, 9.17) is 5.26 Å². The van der Waals surface area contributed by atoms with Crippen LogP contribution in [0.4, 0.5) is 0 Å². The van der Waals surface area contributed by atoms with Gasteiger partial charge in [0.15, 0.2) is 0 Å². The van der Waals surface area contributed by atoms with Crippen molar-refractivity contribution >= 4 is 11.8 Å². The zero-order chi connectivity index (χ0) is 21.6. The first-order valence-electron chi connectivity index (χ1n) is 10.8. The van der Waals surface area contributed by atoms with Crippen LogP contribution in [0, 0.1) is 11.3 Å². The molecule has 0 heterocycles. The molecular formula is C25H31N3O2. The first kappa shape index (κ1) is 23.2. The third-order valence-electron chi connectivity index (χ3n) is 5.05. The number of nitriles is 1. The molecule has 0 radical (unpaired) electrons. The SMILES string of the molecule is CCCCCCCCC(NC(=O)c1ccc(C#N)cc1)C(=O)NCc1ccccc1. The molecule has 0 bridgehead atoms. The number of hydrogen-bond donors (Lipinski definition) is 2. The number of benzene rings is 2. The van der Waals surface area contributed by atoms with Crippen molar-refractivity contribution in [3.63, 3.8) is 0 Å². The van der Waals surface area contributed by atoms with Gasteiger partial charge in [0.1, 0.15) is 6.04 Å². The Bertz CT molecular complexity index is 826. The third-order valence-corrected chi connectivity index (χ3v) is 5.05. The van der Waals surface area contributed by atoms with Gasteiger partial charge in [0.05, 0.1) is 11.6 Å². The number of amides is 2. The lowest BCUT2D eigenvalue weighted by Gasteiger charge is -2.19. The molecule has 2 N–H and O–H groups in total. The highest BCUT2D eigenvalue weighted by atomic mass is 16.2. The summed E-state index contributed by atoms with van der Waals surface area (Å²) < 4.78 is 0. The van der Waals surface area contributed by atoms with E-state index in [9.17, 15) is 9.59 Å². The lowest BCUT2D eigenvalue weighted by Crippen LogP contribution is -2.46. The molecule has 2 aromatic carbocycles. The van der Waals surface area contributed by atoms with E-state index in [0.717, 1.165) is 24.8 Å².